The lowest BCUT2D eigenvalue weighted by atomic mass is 10.1. The van der Waals surface area contributed by atoms with Crippen LogP contribution in [0.2, 0.25) is 0 Å². The lowest BCUT2D eigenvalue weighted by molar-refractivity contribution is 0.272. The summed E-state index contributed by atoms with van der Waals surface area (Å²) in [6.45, 7) is 7.16. The molecule has 1 heterocycles. The molecular formula is C15H21FN2S2. The van der Waals surface area contributed by atoms with Crippen molar-refractivity contribution in [1.29, 1.82) is 0 Å². The topological polar surface area (TPSA) is 29.3 Å². The van der Waals surface area contributed by atoms with Crippen molar-refractivity contribution in [3.63, 3.8) is 0 Å². The van der Waals surface area contributed by atoms with E-state index in [4.69, 9.17) is 18.0 Å². The van der Waals surface area contributed by atoms with Gasteiger partial charge >= 0.3 is 0 Å². The van der Waals surface area contributed by atoms with Gasteiger partial charge in [0.15, 0.2) is 0 Å². The predicted molar refractivity (Wildman–Crippen MR) is 88.7 cm³/mol. The van der Waals surface area contributed by atoms with Crippen molar-refractivity contribution in [3.05, 3.63) is 35.1 Å². The van der Waals surface area contributed by atoms with E-state index in [1.807, 2.05) is 11.8 Å². The summed E-state index contributed by atoms with van der Waals surface area (Å²) < 4.78 is 14.2. The SMILES string of the molecule is CC1(C)CCN(Cc2cc(C(N)=S)ccc2F)CCS1. The summed E-state index contributed by atoms with van der Waals surface area (Å²) >= 11 is 6.95. The third-order valence-corrected chi connectivity index (χ3v) is 5.26. The van der Waals surface area contributed by atoms with E-state index in [9.17, 15) is 4.39 Å². The molecule has 110 valence electrons. The fourth-order valence-electron chi connectivity index (χ4n) is 2.31. The number of hydrogen-bond donors (Lipinski definition) is 1. The predicted octanol–water partition coefficient (Wildman–Crippen LogP) is 3.18. The van der Waals surface area contributed by atoms with E-state index in [0.29, 0.717) is 21.8 Å². The van der Waals surface area contributed by atoms with Gasteiger partial charge in [0.25, 0.3) is 0 Å². The van der Waals surface area contributed by atoms with Crippen LogP contribution in [0.3, 0.4) is 0 Å². The van der Waals surface area contributed by atoms with Crippen molar-refractivity contribution in [3.8, 4) is 0 Å². The van der Waals surface area contributed by atoms with Gasteiger partial charge < -0.3 is 5.73 Å². The van der Waals surface area contributed by atoms with Crippen LogP contribution < -0.4 is 5.73 Å². The van der Waals surface area contributed by atoms with E-state index >= 15 is 0 Å². The second kappa shape index (κ2) is 6.41. The zero-order valence-electron chi connectivity index (χ0n) is 12.0. The Hall–Kier alpha value is -0.650. The Balaban J connectivity index is 2.09. The summed E-state index contributed by atoms with van der Waals surface area (Å²) in [6, 6.07) is 4.88. The lowest BCUT2D eigenvalue weighted by Gasteiger charge is -2.23. The van der Waals surface area contributed by atoms with Gasteiger partial charge in [-0.05, 0) is 31.2 Å². The lowest BCUT2D eigenvalue weighted by Crippen LogP contribution is -2.27. The Morgan fingerprint density at radius 3 is 2.90 bits per heavy atom. The number of rotatable bonds is 3. The monoisotopic (exact) mass is 312 g/mol. The molecule has 0 bridgehead atoms. The normalized spacial score (nSPS) is 19.6. The Bertz CT molecular complexity index is 503. The molecule has 0 atom stereocenters. The van der Waals surface area contributed by atoms with Gasteiger partial charge in [-0.3, -0.25) is 4.90 Å². The van der Waals surface area contributed by atoms with Crippen LogP contribution in [0.15, 0.2) is 18.2 Å². The average molecular weight is 312 g/mol. The molecule has 1 aromatic rings. The summed E-state index contributed by atoms with van der Waals surface area (Å²) in [7, 11) is 0. The smallest absolute Gasteiger partial charge is 0.127 e. The molecule has 20 heavy (non-hydrogen) atoms. The first-order chi connectivity index (χ1) is 9.37. The van der Waals surface area contributed by atoms with E-state index in [0.717, 1.165) is 30.8 Å². The van der Waals surface area contributed by atoms with Crippen molar-refractivity contribution in [2.75, 3.05) is 18.8 Å². The van der Waals surface area contributed by atoms with Crippen LogP contribution in [0.4, 0.5) is 4.39 Å². The summed E-state index contributed by atoms with van der Waals surface area (Å²) in [5.74, 6) is 0.907. The third-order valence-electron chi connectivity index (χ3n) is 3.65. The highest BCUT2D eigenvalue weighted by Crippen LogP contribution is 2.31. The Kier molecular flexibility index (Phi) is 5.04. The molecule has 0 spiro atoms. The van der Waals surface area contributed by atoms with E-state index in [-0.39, 0.29) is 5.82 Å². The van der Waals surface area contributed by atoms with Crippen molar-refractivity contribution < 1.29 is 4.39 Å². The summed E-state index contributed by atoms with van der Waals surface area (Å²) in [6.07, 6.45) is 1.12. The highest BCUT2D eigenvalue weighted by atomic mass is 32.2. The van der Waals surface area contributed by atoms with E-state index in [2.05, 4.69) is 18.7 Å². The van der Waals surface area contributed by atoms with Crippen molar-refractivity contribution in [2.45, 2.75) is 31.6 Å². The molecule has 2 N–H and O–H groups in total. The molecule has 0 aromatic heterocycles. The fraction of sp³-hybridized carbons (Fsp3) is 0.533. The molecule has 0 aliphatic carbocycles. The fourth-order valence-corrected chi connectivity index (χ4v) is 3.58. The first kappa shape index (κ1) is 15.7. The molecule has 0 unspecified atom stereocenters. The van der Waals surface area contributed by atoms with Crippen LogP contribution in [-0.4, -0.2) is 33.5 Å². The van der Waals surface area contributed by atoms with Crippen molar-refractivity contribution in [1.82, 2.24) is 4.90 Å². The first-order valence-electron chi connectivity index (χ1n) is 6.82. The first-order valence-corrected chi connectivity index (χ1v) is 8.21. The largest absolute Gasteiger partial charge is 0.389 e. The second-order valence-electron chi connectivity index (χ2n) is 5.80. The minimum Gasteiger partial charge on any atom is -0.389 e. The molecule has 5 heteroatoms. The standard InChI is InChI=1S/C15H21FN2S2/c1-15(2)5-6-18(7-8-20-15)10-12-9-11(14(17)19)3-4-13(12)16/h3-4,9H,5-8,10H2,1-2H3,(H2,17,19). The second-order valence-corrected chi connectivity index (χ2v) is 8.05. The minimum absolute atomic E-state index is 0.179. The van der Waals surface area contributed by atoms with Crippen molar-refractivity contribution in [2.24, 2.45) is 5.73 Å². The van der Waals surface area contributed by atoms with Crippen LogP contribution >= 0.6 is 24.0 Å². The molecule has 2 rings (SSSR count). The van der Waals surface area contributed by atoms with E-state index in [1.54, 1.807) is 12.1 Å². The number of nitrogens with zero attached hydrogens (tertiary/aromatic N) is 1. The molecule has 1 aliphatic heterocycles. The zero-order chi connectivity index (χ0) is 14.8. The minimum atomic E-state index is -0.179. The van der Waals surface area contributed by atoms with Crippen LogP contribution in [0.1, 0.15) is 31.4 Å². The zero-order valence-corrected chi connectivity index (χ0v) is 13.6. The molecule has 2 nitrogen and oxygen atoms in total. The summed E-state index contributed by atoms with van der Waals surface area (Å²) in [5.41, 5.74) is 7.04. The highest BCUT2D eigenvalue weighted by molar-refractivity contribution is 8.00. The van der Waals surface area contributed by atoms with Gasteiger partial charge in [0, 0.05) is 34.7 Å². The molecular weight excluding hydrogens is 291 g/mol. The van der Waals surface area contributed by atoms with Gasteiger partial charge in [-0.2, -0.15) is 11.8 Å². The number of thiocarbonyl (C=S) groups is 1. The van der Waals surface area contributed by atoms with E-state index < -0.39 is 0 Å². The maximum Gasteiger partial charge on any atom is 0.127 e. The molecule has 1 aromatic carbocycles. The Morgan fingerprint density at radius 1 is 1.45 bits per heavy atom. The maximum absolute atomic E-state index is 13.9. The molecule has 0 amide bonds. The van der Waals surface area contributed by atoms with Gasteiger partial charge in [0.2, 0.25) is 0 Å². The maximum atomic E-state index is 13.9. The molecule has 1 aliphatic rings. The van der Waals surface area contributed by atoms with Gasteiger partial charge in [-0.15, -0.1) is 0 Å². The van der Waals surface area contributed by atoms with Gasteiger partial charge in [-0.25, -0.2) is 4.39 Å². The summed E-state index contributed by atoms with van der Waals surface area (Å²) in [5, 5.41) is 0. The average Bonchev–Trinajstić information content (AvgIpc) is 2.53. The number of hydrogen-bond acceptors (Lipinski definition) is 3. The van der Waals surface area contributed by atoms with Crippen LogP contribution in [0, 0.1) is 5.82 Å². The van der Waals surface area contributed by atoms with Crippen LogP contribution in [0.25, 0.3) is 0 Å². The Morgan fingerprint density at radius 2 is 2.20 bits per heavy atom. The Labute approximate surface area is 129 Å². The number of halogens is 1. The highest BCUT2D eigenvalue weighted by Gasteiger charge is 2.24. The van der Waals surface area contributed by atoms with Crippen molar-refractivity contribution >= 4 is 29.0 Å². The van der Waals surface area contributed by atoms with Crippen LogP contribution in [-0.2, 0) is 6.54 Å². The quantitative estimate of drug-likeness (QED) is 0.868. The summed E-state index contributed by atoms with van der Waals surface area (Å²) in [4.78, 5) is 2.63. The van der Waals surface area contributed by atoms with Gasteiger partial charge in [-0.1, -0.05) is 26.1 Å². The van der Waals surface area contributed by atoms with Crippen LogP contribution in [0.5, 0.6) is 0 Å². The number of benzene rings is 1. The number of thioether (sulfide) groups is 1. The van der Waals surface area contributed by atoms with E-state index in [1.165, 1.54) is 6.07 Å². The molecule has 1 fully saturated rings. The number of nitrogens with two attached hydrogens (primary N) is 1. The molecule has 1 saturated heterocycles. The molecule has 0 radical (unpaired) electrons. The van der Waals surface area contributed by atoms with Gasteiger partial charge in [0.1, 0.15) is 10.8 Å². The van der Waals surface area contributed by atoms with Gasteiger partial charge in [0.05, 0.1) is 0 Å². The third kappa shape index (κ3) is 4.17. The molecule has 0 saturated carbocycles.